The highest BCUT2D eigenvalue weighted by molar-refractivity contribution is 7.13. The van der Waals surface area contributed by atoms with Crippen LogP contribution in [0.4, 0.5) is 0 Å². The molecule has 0 amide bonds. The van der Waals surface area contributed by atoms with Gasteiger partial charge in [0.1, 0.15) is 0 Å². The summed E-state index contributed by atoms with van der Waals surface area (Å²) in [6, 6.07) is 12.2. The quantitative estimate of drug-likeness (QED) is 0.731. The van der Waals surface area contributed by atoms with E-state index in [1.54, 1.807) is 23.7 Å². The van der Waals surface area contributed by atoms with E-state index in [4.69, 9.17) is 4.74 Å². The molecule has 122 valence electrons. The predicted octanol–water partition coefficient (Wildman–Crippen LogP) is 3.17. The molecule has 1 unspecified atom stereocenters. The van der Waals surface area contributed by atoms with Crippen molar-refractivity contribution in [2.45, 2.75) is 12.6 Å². The maximum atomic E-state index is 5.93. The zero-order valence-electron chi connectivity index (χ0n) is 13.2. The molecule has 0 aliphatic carbocycles. The number of aromatic nitrogens is 3. The number of hydrogen-bond donors (Lipinski definition) is 0. The lowest BCUT2D eigenvalue weighted by Crippen LogP contribution is -2.37. The average Bonchev–Trinajstić information content (AvgIpc) is 3.12. The van der Waals surface area contributed by atoms with Crippen molar-refractivity contribution in [2.24, 2.45) is 0 Å². The van der Waals surface area contributed by atoms with Crippen LogP contribution in [0.1, 0.15) is 17.4 Å². The third kappa shape index (κ3) is 3.51. The summed E-state index contributed by atoms with van der Waals surface area (Å²) in [6.07, 6.45) is 3.63. The van der Waals surface area contributed by atoms with Crippen molar-refractivity contribution in [3.8, 4) is 10.8 Å². The zero-order chi connectivity index (χ0) is 16.2. The van der Waals surface area contributed by atoms with Crippen molar-refractivity contribution < 1.29 is 4.74 Å². The van der Waals surface area contributed by atoms with Gasteiger partial charge in [0.15, 0.2) is 10.8 Å². The second kappa shape index (κ2) is 7.17. The summed E-state index contributed by atoms with van der Waals surface area (Å²) in [6.45, 7) is 3.39. The van der Waals surface area contributed by atoms with Crippen molar-refractivity contribution in [2.75, 3.05) is 19.7 Å². The molecule has 1 fully saturated rings. The van der Waals surface area contributed by atoms with Gasteiger partial charge in [-0.25, -0.2) is 15.0 Å². The van der Waals surface area contributed by atoms with Crippen LogP contribution in [0.2, 0.25) is 0 Å². The summed E-state index contributed by atoms with van der Waals surface area (Å²) in [5, 5.41) is 2.97. The summed E-state index contributed by atoms with van der Waals surface area (Å²) < 4.78 is 5.93. The molecule has 0 N–H and O–H groups in total. The zero-order valence-corrected chi connectivity index (χ0v) is 14.0. The summed E-state index contributed by atoms with van der Waals surface area (Å²) in [4.78, 5) is 15.6. The van der Waals surface area contributed by atoms with Crippen LogP contribution in [0.5, 0.6) is 0 Å². The van der Waals surface area contributed by atoms with E-state index in [1.807, 2.05) is 12.1 Å². The molecule has 1 aliphatic heterocycles. The fourth-order valence-corrected chi connectivity index (χ4v) is 3.59. The summed E-state index contributed by atoms with van der Waals surface area (Å²) in [5.41, 5.74) is 2.30. The van der Waals surface area contributed by atoms with E-state index in [1.165, 1.54) is 5.56 Å². The molecule has 3 heterocycles. The van der Waals surface area contributed by atoms with Gasteiger partial charge in [0, 0.05) is 37.4 Å². The lowest BCUT2D eigenvalue weighted by Gasteiger charge is -2.32. The fourth-order valence-electron chi connectivity index (χ4n) is 2.84. The second-order valence-electron chi connectivity index (χ2n) is 5.72. The second-order valence-corrected chi connectivity index (χ2v) is 6.58. The third-order valence-electron chi connectivity index (χ3n) is 4.02. The van der Waals surface area contributed by atoms with Gasteiger partial charge in [0.2, 0.25) is 0 Å². The Morgan fingerprint density at radius 1 is 1.12 bits per heavy atom. The highest BCUT2D eigenvalue weighted by atomic mass is 32.1. The minimum atomic E-state index is 0.135. The van der Waals surface area contributed by atoms with Crippen LogP contribution in [-0.2, 0) is 11.3 Å². The maximum absolute atomic E-state index is 5.93. The molecular formula is C18H18N4OS. The van der Waals surface area contributed by atoms with Gasteiger partial charge in [-0.05, 0) is 11.6 Å². The van der Waals surface area contributed by atoms with E-state index < -0.39 is 0 Å². The Kier molecular flexibility index (Phi) is 4.60. The molecule has 1 atom stereocenters. The lowest BCUT2D eigenvalue weighted by molar-refractivity contribution is -0.0332. The molecule has 4 rings (SSSR count). The van der Waals surface area contributed by atoms with Gasteiger partial charge in [-0.1, -0.05) is 30.3 Å². The maximum Gasteiger partial charge on any atom is 0.188 e. The minimum Gasteiger partial charge on any atom is -0.371 e. The monoisotopic (exact) mass is 338 g/mol. The Hall–Kier alpha value is -2.15. The van der Waals surface area contributed by atoms with E-state index in [2.05, 4.69) is 49.5 Å². The molecule has 24 heavy (non-hydrogen) atoms. The van der Waals surface area contributed by atoms with Crippen LogP contribution in [0, 0.1) is 0 Å². The number of hydrogen-bond acceptors (Lipinski definition) is 6. The van der Waals surface area contributed by atoms with Crippen molar-refractivity contribution in [3.05, 3.63) is 65.4 Å². The molecule has 0 bridgehead atoms. The Balaban J connectivity index is 1.43. The van der Waals surface area contributed by atoms with Gasteiger partial charge in [-0.15, -0.1) is 11.3 Å². The number of nitrogens with zero attached hydrogens (tertiary/aromatic N) is 4. The van der Waals surface area contributed by atoms with Crippen molar-refractivity contribution >= 4 is 11.3 Å². The fraction of sp³-hybridized carbons (Fsp3) is 0.278. The van der Waals surface area contributed by atoms with Gasteiger partial charge in [-0.2, -0.15) is 0 Å². The Labute approximate surface area is 145 Å². The molecule has 0 radical (unpaired) electrons. The Morgan fingerprint density at radius 3 is 2.79 bits per heavy atom. The van der Waals surface area contributed by atoms with Crippen molar-refractivity contribution in [1.29, 1.82) is 0 Å². The first kappa shape index (κ1) is 15.4. The smallest absolute Gasteiger partial charge is 0.188 e. The average molecular weight is 338 g/mol. The van der Waals surface area contributed by atoms with Crippen LogP contribution in [0.3, 0.4) is 0 Å². The molecule has 1 aromatic carbocycles. The molecule has 5 nitrogen and oxygen atoms in total. The first-order chi connectivity index (χ1) is 11.9. The first-order valence-electron chi connectivity index (χ1n) is 7.99. The van der Waals surface area contributed by atoms with Crippen LogP contribution < -0.4 is 0 Å². The number of benzene rings is 1. The summed E-state index contributed by atoms with van der Waals surface area (Å²) >= 11 is 1.59. The van der Waals surface area contributed by atoms with Crippen LogP contribution in [0.25, 0.3) is 10.8 Å². The Bertz CT molecular complexity index is 778. The normalized spacial score (nSPS) is 18.6. The number of ether oxygens (including phenoxy) is 1. The summed E-state index contributed by atoms with van der Waals surface area (Å²) in [5.74, 6) is 0.692. The molecule has 1 aliphatic rings. The van der Waals surface area contributed by atoms with Gasteiger partial charge in [0.25, 0.3) is 0 Å². The van der Waals surface area contributed by atoms with E-state index in [-0.39, 0.29) is 6.10 Å². The SMILES string of the molecule is c1ccc(C2CN(Cc3csc(-c4ncccn4)n3)CCO2)cc1. The van der Waals surface area contributed by atoms with E-state index in [9.17, 15) is 0 Å². The molecular weight excluding hydrogens is 320 g/mol. The van der Waals surface area contributed by atoms with Crippen LogP contribution >= 0.6 is 11.3 Å². The number of rotatable bonds is 4. The van der Waals surface area contributed by atoms with Gasteiger partial charge < -0.3 is 4.74 Å². The van der Waals surface area contributed by atoms with E-state index in [0.29, 0.717) is 5.82 Å². The summed E-state index contributed by atoms with van der Waals surface area (Å²) in [7, 11) is 0. The van der Waals surface area contributed by atoms with Gasteiger partial charge >= 0.3 is 0 Å². The number of thiazole rings is 1. The highest BCUT2D eigenvalue weighted by Crippen LogP contribution is 2.25. The van der Waals surface area contributed by atoms with Crippen molar-refractivity contribution in [1.82, 2.24) is 19.9 Å². The van der Waals surface area contributed by atoms with E-state index >= 15 is 0 Å². The predicted molar refractivity (Wildman–Crippen MR) is 93.6 cm³/mol. The van der Waals surface area contributed by atoms with E-state index in [0.717, 1.165) is 36.9 Å². The molecule has 0 spiro atoms. The first-order valence-corrected chi connectivity index (χ1v) is 8.87. The third-order valence-corrected chi connectivity index (χ3v) is 4.90. The minimum absolute atomic E-state index is 0.135. The lowest BCUT2D eigenvalue weighted by atomic mass is 10.1. The largest absolute Gasteiger partial charge is 0.371 e. The molecule has 2 aromatic heterocycles. The molecule has 1 saturated heterocycles. The van der Waals surface area contributed by atoms with Crippen LogP contribution in [-0.4, -0.2) is 39.5 Å². The van der Waals surface area contributed by atoms with Gasteiger partial charge in [-0.3, -0.25) is 4.90 Å². The molecule has 6 heteroatoms. The van der Waals surface area contributed by atoms with Crippen LogP contribution in [0.15, 0.2) is 54.2 Å². The molecule has 3 aromatic rings. The van der Waals surface area contributed by atoms with Gasteiger partial charge in [0.05, 0.1) is 18.4 Å². The number of morpholine rings is 1. The topological polar surface area (TPSA) is 51.1 Å². The Morgan fingerprint density at radius 2 is 1.96 bits per heavy atom. The van der Waals surface area contributed by atoms with Crippen molar-refractivity contribution in [3.63, 3.8) is 0 Å². The highest BCUT2D eigenvalue weighted by Gasteiger charge is 2.22. The molecule has 0 saturated carbocycles. The standard InChI is InChI=1S/C18H18N4OS/c1-2-5-14(6-3-1)16-12-22(9-10-23-16)11-15-13-24-18(21-15)17-19-7-4-8-20-17/h1-8,13,16H,9-12H2.